The standard InChI is InChI=1S/C29H31N7O2/c30-27-14-25(20-12-21-7-8-22(13-20)35(21)29(37)26-17-38-11-10-31-26)34-28-23(16-33-36(27)28)19-6-9-24(32-15-19)18-4-2-1-3-5-18/h1-6,9,14-16,20-22,26,31H,7-8,10-13,17,30H2. The number of benzene rings is 1. The van der Waals surface area contributed by atoms with Crippen molar-refractivity contribution in [2.75, 3.05) is 25.5 Å². The Balaban J connectivity index is 1.16. The van der Waals surface area contributed by atoms with Crippen LogP contribution in [0.5, 0.6) is 0 Å². The average Bonchev–Trinajstić information content (AvgIpc) is 3.52. The summed E-state index contributed by atoms with van der Waals surface area (Å²) in [4.78, 5) is 25.2. The Morgan fingerprint density at radius 2 is 1.84 bits per heavy atom. The molecule has 9 heteroatoms. The molecule has 3 aliphatic heterocycles. The second-order valence-corrected chi connectivity index (χ2v) is 10.6. The normalized spacial score (nSPS) is 25.1. The summed E-state index contributed by atoms with van der Waals surface area (Å²) in [5.74, 6) is 1.00. The van der Waals surface area contributed by atoms with Gasteiger partial charge in [0.25, 0.3) is 0 Å². The van der Waals surface area contributed by atoms with Gasteiger partial charge < -0.3 is 20.7 Å². The van der Waals surface area contributed by atoms with Crippen LogP contribution < -0.4 is 11.1 Å². The predicted octanol–water partition coefficient (Wildman–Crippen LogP) is 3.27. The van der Waals surface area contributed by atoms with E-state index in [-0.39, 0.29) is 30.0 Å². The lowest BCUT2D eigenvalue weighted by atomic mass is 9.87. The number of pyridine rings is 1. The Morgan fingerprint density at radius 1 is 1.03 bits per heavy atom. The Morgan fingerprint density at radius 3 is 2.55 bits per heavy atom. The van der Waals surface area contributed by atoms with Crippen molar-refractivity contribution in [3.05, 3.63) is 66.6 Å². The molecule has 3 aliphatic rings. The number of carbonyl (C=O) groups excluding carboxylic acids is 1. The summed E-state index contributed by atoms with van der Waals surface area (Å²) in [6, 6.07) is 16.4. The highest BCUT2D eigenvalue weighted by Gasteiger charge is 2.45. The fourth-order valence-electron chi connectivity index (χ4n) is 6.43. The number of nitrogens with two attached hydrogens (primary N) is 1. The van der Waals surface area contributed by atoms with Gasteiger partial charge in [0.05, 0.1) is 25.1 Å². The van der Waals surface area contributed by atoms with Crippen LogP contribution >= 0.6 is 0 Å². The lowest BCUT2D eigenvalue weighted by Crippen LogP contribution is -2.57. The Labute approximate surface area is 221 Å². The van der Waals surface area contributed by atoms with Gasteiger partial charge in [-0.1, -0.05) is 36.4 Å². The third-order valence-electron chi connectivity index (χ3n) is 8.29. The van der Waals surface area contributed by atoms with Crippen LogP contribution in [0.1, 0.15) is 37.3 Å². The second kappa shape index (κ2) is 9.49. The number of nitrogens with one attached hydrogen (secondary N) is 1. The quantitative estimate of drug-likeness (QED) is 0.434. The highest BCUT2D eigenvalue weighted by molar-refractivity contribution is 5.83. The number of amides is 1. The number of hydrogen-bond donors (Lipinski definition) is 2. The van der Waals surface area contributed by atoms with Crippen LogP contribution in [0.15, 0.2) is 60.9 Å². The van der Waals surface area contributed by atoms with Crippen molar-refractivity contribution in [2.24, 2.45) is 0 Å². The first-order chi connectivity index (χ1) is 18.7. The van der Waals surface area contributed by atoms with E-state index in [9.17, 15) is 4.79 Å². The van der Waals surface area contributed by atoms with Gasteiger partial charge in [-0.15, -0.1) is 0 Å². The van der Waals surface area contributed by atoms with Crippen molar-refractivity contribution in [1.82, 2.24) is 29.8 Å². The predicted molar refractivity (Wildman–Crippen MR) is 144 cm³/mol. The number of ether oxygens (including phenoxy) is 1. The van der Waals surface area contributed by atoms with Crippen LogP contribution in [0.25, 0.3) is 28.0 Å². The summed E-state index contributed by atoms with van der Waals surface area (Å²) in [5, 5.41) is 7.85. The van der Waals surface area contributed by atoms with Crippen LogP contribution in [-0.2, 0) is 9.53 Å². The minimum Gasteiger partial charge on any atom is -0.384 e. The highest BCUT2D eigenvalue weighted by Crippen LogP contribution is 2.43. The first-order valence-corrected chi connectivity index (χ1v) is 13.4. The maximum Gasteiger partial charge on any atom is 0.242 e. The van der Waals surface area contributed by atoms with E-state index in [1.165, 1.54) is 0 Å². The number of hydrogen-bond acceptors (Lipinski definition) is 7. The van der Waals surface area contributed by atoms with Crippen molar-refractivity contribution in [2.45, 2.75) is 49.7 Å². The van der Waals surface area contributed by atoms with Crippen molar-refractivity contribution in [3.8, 4) is 22.4 Å². The molecule has 0 radical (unpaired) electrons. The van der Waals surface area contributed by atoms with Crippen molar-refractivity contribution >= 4 is 17.4 Å². The molecule has 3 unspecified atom stereocenters. The Kier molecular flexibility index (Phi) is 5.82. The summed E-state index contributed by atoms with van der Waals surface area (Å²) < 4.78 is 7.25. The van der Waals surface area contributed by atoms with E-state index >= 15 is 0 Å². The van der Waals surface area contributed by atoms with Crippen molar-refractivity contribution < 1.29 is 9.53 Å². The third kappa shape index (κ3) is 4.02. The minimum atomic E-state index is -0.232. The summed E-state index contributed by atoms with van der Waals surface area (Å²) in [5.41, 5.74) is 12.0. The van der Waals surface area contributed by atoms with E-state index in [1.807, 2.05) is 42.7 Å². The number of anilines is 1. The fraction of sp³-hybridized carbons (Fsp3) is 0.379. The molecule has 38 heavy (non-hydrogen) atoms. The van der Waals surface area contributed by atoms with Crippen molar-refractivity contribution in [3.63, 3.8) is 0 Å². The largest absolute Gasteiger partial charge is 0.384 e. The van der Waals surface area contributed by atoms with Gasteiger partial charge in [0, 0.05) is 59.2 Å². The average molecular weight is 510 g/mol. The maximum atomic E-state index is 13.3. The highest BCUT2D eigenvalue weighted by atomic mass is 16.5. The molecule has 3 aromatic heterocycles. The van der Waals surface area contributed by atoms with Crippen LogP contribution in [-0.4, -0.2) is 68.3 Å². The monoisotopic (exact) mass is 509 g/mol. The van der Waals surface area contributed by atoms with Crippen LogP contribution in [0.2, 0.25) is 0 Å². The lowest BCUT2D eigenvalue weighted by molar-refractivity contribution is -0.141. The minimum absolute atomic E-state index is 0.183. The van der Waals surface area contributed by atoms with Gasteiger partial charge in [0.2, 0.25) is 5.91 Å². The Hall–Kier alpha value is -3.82. The van der Waals surface area contributed by atoms with Gasteiger partial charge in [0.15, 0.2) is 5.65 Å². The van der Waals surface area contributed by atoms with Crippen LogP contribution in [0, 0.1) is 0 Å². The number of morpholine rings is 1. The number of nitrogens with zero attached hydrogens (tertiary/aromatic N) is 5. The molecule has 3 N–H and O–H groups in total. The Bertz CT molecular complexity index is 1450. The van der Waals surface area contributed by atoms with E-state index in [2.05, 4.69) is 33.5 Å². The van der Waals surface area contributed by atoms with E-state index < -0.39 is 0 Å². The van der Waals surface area contributed by atoms with Gasteiger partial charge >= 0.3 is 0 Å². The third-order valence-corrected chi connectivity index (χ3v) is 8.29. The van der Waals surface area contributed by atoms with Crippen molar-refractivity contribution in [1.29, 1.82) is 0 Å². The van der Waals surface area contributed by atoms with Crippen LogP contribution in [0.4, 0.5) is 5.82 Å². The number of carbonyl (C=O) groups is 1. The van der Waals surface area contributed by atoms with Gasteiger partial charge in [-0.25, -0.2) is 4.98 Å². The number of nitrogen functional groups attached to an aromatic ring is 1. The van der Waals surface area contributed by atoms with Gasteiger partial charge in [0.1, 0.15) is 11.9 Å². The molecular weight excluding hydrogens is 478 g/mol. The molecule has 0 saturated carbocycles. The fourth-order valence-corrected chi connectivity index (χ4v) is 6.43. The molecule has 3 fully saturated rings. The summed E-state index contributed by atoms with van der Waals surface area (Å²) in [7, 11) is 0. The van der Waals surface area contributed by atoms with E-state index in [0.717, 1.165) is 66.0 Å². The van der Waals surface area contributed by atoms with Gasteiger partial charge in [-0.05, 0) is 31.7 Å². The number of piperidine rings is 1. The lowest BCUT2D eigenvalue weighted by Gasteiger charge is -2.41. The number of aromatic nitrogens is 4. The molecule has 194 valence electrons. The molecule has 3 atom stereocenters. The maximum absolute atomic E-state index is 13.3. The molecule has 6 heterocycles. The molecule has 0 aliphatic carbocycles. The molecule has 0 spiro atoms. The van der Waals surface area contributed by atoms with Crippen LogP contribution in [0.3, 0.4) is 0 Å². The van der Waals surface area contributed by atoms with Gasteiger partial charge in [-0.3, -0.25) is 9.78 Å². The topological polar surface area (TPSA) is 111 Å². The molecule has 1 aromatic carbocycles. The smallest absolute Gasteiger partial charge is 0.242 e. The van der Waals surface area contributed by atoms with E-state index in [0.29, 0.717) is 19.0 Å². The molecule has 1 amide bonds. The summed E-state index contributed by atoms with van der Waals surface area (Å²) in [6.45, 7) is 1.85. The SMILES string of the molecule is Nc1cc(C2CC3CCC(C2)N3C(=O)C2COCCN2)nc2c(-c3ccc(-c4ccccc4)nc3)cnn12. The number of rotatable bonds is 4. The first-order valence-electron chi connectivity index (χ1n) is 13.4. The van der Waals surface area contributed by atoms with E-state index in [1.54, 1.807) is 4.52 Å². The molecule has 4 aromatic rings. The zero-order valence-corrected chi connectivity index (χ0v) is 21.2. The van der Waals surface area contributed by atoms with E-state index in [4.69, 9.17) is 20.4 Å². The zero-order chi connectivity index (χ0) is 25.6. The second-order valence-electron chi connectivity index (χ2n) is 10.6. The molecule has 7 rings (SSSR count). The molecular formula is C29H31N7O2. The zero-order valence-electron chi connectivity index (χ0n) is 21.2. The summed E-state index contributed by atoms with van der Waals surface area (Å²) >= 11 is 0. The number of fused-ring (bicyclic) bond motifs is 3. The first kappa shape index (κ1) is 23.3. The molecule has 3 saturated heterocycles. The molecule has 2 bridgehead atoms. The summed E-state index contributed by atoms with van der Waals surface area (Å²) in [6.07, 6.45) is 7.55. The van der Waals surface area contributed by atoms with Gasteiger partial charge in [-0.2, -0.15) is 9.61 Å². The molecule has 9 nitrogen and oxygen atoms in total.